The van der Waals surface area contributed by atoms with Gasteiger partial charge in [0.25, 0.3) is 5.91 Å². The summed E-state index contributed by atoms with van der Waals surface area (Å²) in [7, 11) is 0. The number of hydrogen-bond acceptors (Lipinski definition) is 3. The second-order valence-electron chi connectivity index (χ2n) is 3.69. The van der Waals surface area contributed by atoms with E-state index in [9.17, 15) is 9.90 Å². The van der Waals surface area contributed by atoms with Crippen LogP contribution in [0.15, 0.2) is 28.9 Å². The van der Waals surface area contributed by atoms with E-state index in [4.69, 9.17) is 27.6 Å². The normalized spacial score (nSPS) is 10.4. The largest absolute Gasteiger partial charge is 0.505 e. The van der Waals surface area contributed by atoms with Crippen LogP contribution in [-0.4, -0.2) is 11.0 Å². The molecule has 18 heavy (non-hydrogen) atoms. The van der Waals surface area contributed by atoms with Crippen molar-refractivity contribution < 1.29 is 14.3 Å². The molecule has 1 amide bonds. The molecule has 0 atom stereocenters. The van der Waals surface area contributed by atoms with Crippen molar-refractivity contribution in [1.29, 1.82) is 0 Å². The summed E-state index contributed by atoms with van der Waals surface area (Å²) in [6.07, 6.45) is 1.36. The first-order valence-corrected chi connectivity index (χ1v) is 5.77. The molecule has 94 valence electrons. The topological polar surface area (TPSA) is 62.5 Å². The van der Waals surface area contributed by atoms with Gasteiger partial charge >= 0.3 is 0 Å². The molecule has 2 N–H and O–H groups in total. The highest BCUT2D eigenvalue weighted by molar-refractivity contribution is 6.37. The van der Waals surface area contributed by atoms with Gasteiger partial charge in [-0.3, -0.25) is 4.79 Å². The van der Waals surface area contributed by atoms with Crippen LogP contribution in [0.25, 0.3) is 0 Å². The van der Waals surface area contributed by atoms with Gasteiger partial charge in [0.1, 0.15) is 12.0 Å². The van der Waals surface area contributed by atoms with Gasteiger partial charge in [-0.15, -0.1) is 0 Å². The number of halogens is 2. The van der Waals surface area contributed by atoms with Crippen molar-refractivity contribution in [2.45, 2.75) is 6.92 Å². The summed E-state index contributed by atoms with van der Waals surface area (Å²) in [6.45, 7) is 1.74. The molecule has 0 aliphatic rings. The molecule has 6 heteroatoms. The van der Waals surface area contributed by atoms with Crippen molar-refractivity contribution >= 4 is 34.8 Å². The van der Waals surface area contributed by atoms with Gasteiger partial charge in [-0.1, -0.05) is 23.2 Å². The lowest BCUT2D eigenvalue weighted by Gasteiger charge is -2.06. The lowest BCUT2D eigenvalue weighted by atomic mass is 10.2. The maximum atomic E-state index is 11.8. The van der Waals surface area contributed by atoms with Gasteiger partial charge in [-0.05, 0) is 25.1 Å². The third-order valence-electron chi connectivity index (χ3n) is 2.27. The van der Waals surface area contributed by atoms with Crippen molar-refractivity contribution in [2.75, 3.05) is 5.32 Å². The van der Waals surface area contributed by atoms with Crippen LogP contribution in [0, 0.1) is 6.92 Å². The van der Waals surface area contributed by atoms with E-state index in [0.29, 0.717) is 17.0 Å². The first-order valence-electron chi connectivity index (χ1n) is 5.02. The second-order valence-corrected chi connectivity index (χ2v) is 4.50. The Kier molecular flexibility index (Phi) is 3.50. The van der Waals surface area contributed by atoms with E-state index in [-0.39, 0.29) is 21.7 Å². The molecule has 0 saturated carbocycles. The number of nitrogens with one attached hydrogen (secondary N) is 1. The summed E-state index contributed by atoms with van der Waals surface area (Å²) in [5, 5.41) is 12.1. The summed E-state index contributed by atoms with van der Waals surface area (Å²) in [6, 6.07) is 4.43. The molecule has 0 saturated heterocycles. The zero-order valence-electron chi connectivity index (χ0n) is 9.33. The highest BCUT2D eigenvalue weighted by Gasteiger charge is 2.12. The highest BCUT2D eigenvalue weighted by atomic mass is 35.5. The maximum Gasteiger partial charge on any atom is 0.258 e. The van der Waals surface area contributed by atoms with E-state index >= 15 is 0 Å². The maximum absolute atomic E-state index is 11.8. The summed E-state index contributed by atoms with van der Waals surface area (Å²) in [4.78, 5) is 11.8. The van der Waals surface area contributed by atoms with Gasteiger partial charge in [-0.25, -0.2) is 0 Å². The van der Waals surface area contributed by atoms with Gasteiger partial charge in [0.05, 0.1) is 15.6 Å². The molecular weight excluding hydrogens is 277 g/mol. The molecule has 0 radical (unpaired) electrons. The Morgan fingerprint density at radius 1 is 1.28 bits per heavy atom. The van der Waals surface area contributed by atoms with Crippen molar-refractivity contribution in [3.8, 4) is 5.75 Å². The number of carbonyl (C=O) groups excluding carboxylic acids is 1. The van der Waals surface area contributed by atoms with Crippen LogP contribution >= 0.6 is 23.2 Å². The van der Waals surface area contributed by atoms with E-state index in [1.807, 2.05) is 0 Å². The number of phenols is 1. The number of hydrogen-bond donors (Lipinski definition) is 2. The lowest BCUT2D eigenvalue weighted by Crippen LogP contribution is -2.10. The molecule has 0 spiro atoms. The summed E-state index contributed by atoms with van der Waals surface area (Å²) >= 11 is 11.5. The summed E-state index contributed by atoms with van der Waals surface area (Å²) in [5.41, 5.74) is 0.791. The predicted molar refractivity (Wildman–Crippen MR) is 69.5 cm³/mol. The number of aromatic hydroxyl groups is 1. The van der Waals surface area contributed by atoms with Gasteiger partial charge in [0.2, 0.25) is 0 Å². The van der Waals surface area contributed by atoms with Crippen molar-refractivity contribution in [2.24, 2.45) is 0 Å². The first-order chi connectivity index (χ1) is 8.47. The second kappa shape index (κ2) is 4.92. The Morgan fingerprint density at radius 2 is 1.89 bits per heavy atom. The minimum absolute atomic E-state index is 0.0705. The van der Waals surface area contributed by atoms with E-state index in [1.165, 1.54) is 18.4 Å². The fourth-order valence-corrected chi connectivity index (χ4v) is 1.89. The molecular formula is C12H9Cl2NO3. The molecule has 0 aliphatic carbocycles. The molecule has 2 rings (SSSR count). The molecule has 0 unspecified atom stereocenters. The highest BCUT2D eigenvalue weighted by Crippen LogP contribution is 2.34. The Hall–Kier alpha value is -1.65. The average molecular weight is 286 g/mol. The molecule has 4 nitrogen and oxygen atoms in total. The fraction of sp³-hybridized carbons (Fsp3) is 0.0833. The number of phenolic OH excluding ortho intramolecular Hbond substituents is 1. The third kappa shape index (κ3) is 2.60. The van der Waals surface area contributed by atoms with Gasteiger partial charge in [0.15, 0.2) is 5.75 Å². The number of aryl methyl sites for hydroxylation is 1. The monoisotopic (exact) mass is 285 g/mol. The van der Waals surface area contributed by atoms with Crippen LogP contribution < -0.4 is 5.32 Å². The smallest absolute Gasteiger partial charge is 0.258 e. The summed E-state index contributed by atoms with van der Waals surface area (Å²) < 4.78 is 5.04. The van der Waals surface area contributed by atoms with E-state index in [0.717, 1.165) is 0 Å². The third-order valence-corrected chi connectivity index (χ3v) is 2.84. The zero-order valence-corrected chi connectivity index (χ0v) is 10.8. The molecule has 2 aromatic rings. The number of anilines is 1. The Morgan fingerprint density at radius 3 is 2.39 bits per heavy atom. The SMILES string of the molecule is Cc1cc(C(=O)Nc2cc(Cl)c(O)c(Cl)c2)co1. The number of carbonyl (C=O) groups is 1. The van der Waals surface area contributed by atoms with Crippen LogP contribution in [0.3, 0.4) is 0 Å². The minimum atomic E-state index is -0.343. The Bertz CT molecular complexity index is 584. The fourth-order valence-electron chi connectivity index (χ4n) is 1.40. The number of rotatable bonds is 2. The van der Waals surface area contributed by atoms with Gasteiger partial charge < -0.3 is 14.8 Å². The van der Waals surface area contributed by atoms with Crippen molar-refractivity contribution in [1.82, 2.24) is 0 Å². The van der Waals surface area contributed by atoms with Crippen LogP contribution in [0.1, 0.15) is 16.1 Å². The first kappa shape index (κ1) is 12.8. The van der Waals surface area contributed by atoms with Crippen LogP contribution in [0.4, 0.5) is 5.69 Å². The lowest BCUT2D eigenvalue weighted by molar-refractivity contribution is 0.102. The summed E-state index contributed by atoms with van der Waals surface area (Å²) in [5.74, 6) is 0.0853. The molecule has 1 heterocycles. The van der Waals surface area contributed by atoms with E-state index < -0.39 is 0 Å². The Labute approximate surface area is 113 Å². The van der Waals surface area contributed by atoms with E-state index in [2.05, 4.69) is 5.32 Å². The average Bonchev–Trinajstić information content (AvgIpc) is 2.72. The number of amides is 1. The van der Waals surface area contributed by atoms with Crippen molar-refractivity contribution in [3.63, 3.8) is 0 Å². The van der Waals surface area contributed by atoms with E-state index in [1.54, 1.807) is 13.0 Å². The minimum Gasteiger partial charge on any atom is -0.505 e. The van der Waals surface area contributed by atoms with Crippen LogP contribution in [0.2, 0.25) is 10.0 Å². The quantitative estimate of drug-likeness (QED) is 0.824. The van der Waals surface area contributed by atoms with Gasteiger partial charge in [-0.2, -0.15) is 0 Å². The zero-order chi connectivity index (χ0) is 13.3. The van der Waals surface area contributed by atoms with Crippen LogP contribution in [-0.2, 0) is 0 Å². The van der Waals surface area contributed by atoms with Crippen LogP contribution in [0.5, 0.6) is 5.75 Å². The molecule has 0 aliphatic heterocycles. The predicted octanol–water partition coefficient (Wildman–Crippen LogP) is 3.85. The number of benzene rings is 1. The number of furan rings is 1. The molecule has 0 fully saturated rings. The van der Waals surface area contributed by atoms with Gasteiger partial charge in [0, 0.05) is 5.69 Å². The molecule has 1 aromatic carbocycles. The van der Waals surface area contributed by atoms with Crippen molar-refractivity contribution in [3.05, 3.63) is 45.8 Å². The Balaban J connectivity index is 2.22. The molecule has 0 bridgehead atoms. The standard InChI is InChI=1S/C12H9Cl2NO3/c1-6-2-7(5-18-6)12(17)15-8-3-9(13)11(16)10(14)4-8/h2-5,16H,1H3,(H,15,17). The molecule has 1 aromatic heterocycles.